The molecule has 2 fully saturated rings. The number of likely N-dealkylation sites (tertiary alicyclic amines) is 2. The molecule has 0 atom stereocenters. The van der Waals surface area contributed by atoms with E-state index in [2.05, 4.69) is 82.2 Å². The zero-order valence-corrected chi connectivity index (χ0v) is 59.8. The largest absolute Gasteiger partial charge is 0.543 e. The summed E-state index contributed by atoms with van der Waals surface area (Å²) in [5.74, 6) is -27.7. The van der Waals surface area contributed by atoms with Crippen molar-refractivity contribution in [1.29, 1.82) is 0 Å². The van der Waals surface area contributed by atoms with Gasteiger partial charge in [0.2, 0.25) is 23.8 Å². The number of carboxylic acid groups (broad SMARTS) is 14. The van der Waals surface area contributed by atoms with Crippen LogP contribution in [0.15, 0.2) is 134 Å². The number of halogens is 2. The van der Waals surface area contributed by atoms with Gasteiger partial charge in [-0.05, 0) is 123 Å². The molecule has 44 nitrogen and oxygen atoms in total. The quantitative estimate of drug-likeness (QED) is 0.0343. The van der Waals surface area contributed by atoms with Crippen LogP contribution in [0.3, 0.4) is 0 Å². The van der Waals surface area contributed by atoms with Crippen molar-refractivity contribution in [3.8, 4) is 0 Å². The standard InChI is InChI=1S/2C28H31FN8.7C2H2O4/c2*29-21-8-6-20(7-9-21)19-37-26-5-2-1-4-24(26)35-28(37)32-22-11-16-36(17-12-22)15-3-13-31-27-33-23-10-14-30-18-25(23)34-27;7*3-1(4)2(5)6/h2*1-2,4-10,14,18,22H,3,11-13,15-17,19H2,(H,32,35)(H2,31,33,34);7*(H,3,4)(H,5,6)/p-14. The molecule has 4 aromatic carbocycles. The average Bonchev–Trinajstić information content (AvgIpc) is 1.65. The molecule has 0 saturated carbocycles. The van der Waals surface area contributed by atoms with E-state index in [1.807, 2.05) is 72.8 Å². The summed E-state index contributed by atoms with van der Waals surface area (Å²) in [5.41, 5.74) is 9.97. The molecular weight excluding hydrogens is 1550 g/mol. The van der Waals surface area contributed by atoms with E-state index in [9.17, 15) is 8.78 Å². The number of piperidine rings is 2. The fraction of sp³-hybridized carbons (Fsp3) is 0.257. The van der Waals surface area contributed by atoms with Crippen LogP contribution >= 0.6 is 0 Å². The number of fused-ring (bicyclic) bond motifs is 4. The van der Waals surface area contributed by atoms with Gasteiger partial charge in [0.05, 0.1) is 153 Å². The fourth-order valence-corrected chi connectivity index (χ4v) is 10.1. The van der Waals surface area contributed by atoms with Crippen molar-refractivity contribution in [1.82, 2.24) is 58.8 Å². The number of carbonyl (C=O) groups is 14. The number of anilines is 4. The lowest BCUT2D eigenvalue weighted by Gasteiger charge is -2.32. The highest BCUT2D eigenvalue weighted by Gasteiger charge is 2.24. The van der Waals surface area contributed by atoms with Gasteiger partial charge in [0.1, 0.15) is 11.6 Å². The van der Waals surface area contributed by atoms with Gasteiger partial charge in [0.25, 0.3) is 0 Å². The monoisotopic (exact) mass is 1610 g/mol. The molecule has 6 N–H and O–H groups in total. The van der Waals surface area contributed by atoms with E-state index >= 15 is 0 Å². The molecule has 0 aliphatic carbocycles. The van der Waals surface area contributed by atoms with Crippen LogP contribution in [-0.2, 0) is 80.2 Å². The van der Waals surface area contributed by atoms with Crippen LogP contribution < -0.4 is 92.8 Å². The van der Waals surface area contributed by atoms with E-state index in [4.69, 9.17) is 149 Å². The summed E-state index contributed by atoms with van der Waals surface area (Å²) in [7, 11) is 0. The van der Waals surface area contributed by atoms with E-state index in [1.54, 1.807) is 24.8 Å². The molecule has 12 rings (SSSR count). The van der Waals surface area contributed by atoms with E-state index in [1.165, 1.54) is 24.3 Å². The first kappa shape index (κ1) is 93.0. The predicted octanol–water partition coefficient (Wildman–Crippen LogP) is -14.8. The Morgan fingerprint density at radius 2 is 0.638 bits per heavy atom. The van der Waals surface area contributed by atoms with Crippen molar-refractivity contribution in [3.63, 3.8) is 0 Å². The van der Waals surface area contributed by atoms with Gasteiger partial charge in [-0.25, -0.2) is 28.7 Å². The fourth-order valence-electron chi connectivity index (χ4n) is 10.1. The number of pyridine rings is 2. The van der Waals surface area contributed by atoms with Crippen LogP contribution in [0.4, 0.5) is 32.6 Å². The third kappa shape index (κ3) is 33.9. The average molecular weight is 1610 g/mol. The van der Waals surface area contributed by atoms with Gasteiger partial charge in [-0.1, -0.05) is 48.5 Å². The number of hydrogen-bond donors (Lipinski definition) is 6. The maximum atomic E-state index is 13.4. The first-order valence-electron chi connectivity index (χ1n) is 33.3. The molecule has 618 valence electrons. The highest BCUT2D eigenvalue weighted by Crippen LogP contribution is 2.27. The summed E-state index contributed by atoms with van der Waals surface area (Å²) in [6.45, 7) is 9.41. The number of benzene rings is 4. The molecule has 0 spiro atoms. The molecule has 2 aliphatic heterocycles. The van der Waals surface area contributed by atoms with Gasteiger partial charge in [-0.2, -0.15) is 0 Å². The zero-order valence-electron chi connectivity index (χ0n) is 59.8. The summed E-state index contributed by atoms with van der Waals surface area (Å²) in [5, 5.41) is 139. The highest BCUT2D eigenvalue weighted by atomic mass is 19.1. The van der Waals surface area contributed by atoms with Crippen LogP contribution in [0.1, 0.15) is 49.7 Å². The van der Waals surface area contributed by atoms with Crippen molar-refractivity contribution in [2.45, 2.75) is 63.7 Å². The number of aliphatic carboxylic acids is 14. The Morgan fingerprint density at radius 1 is 0.362 bits per heavy atom. The minimum Gasteiger partial charge on any atom is -0.543 e. The molecule has 0 amide bonds. The van der Waals surface area contributed by atoms with Gasteiger partial charge in [-0.15, -0.1) is 0 Å². The normalized spacial score (nSPS) is 12.2. The molecule has 0 unspecified atom stereocenters. The molecule has 10 aromatic rings. The SMILES string of the molecule is Fc1ccc(Cn2c(NC3CCN(CCCNc4nc5ccncc5[nH]4)CC3)nc3ccccc32)cc1.Fc1ccc(Cn2c(NC3CCN(CCCNc4nc5ccncc5[nH]4)CC3)nc3ccccc32)cc1.O=C([O-])C(=O)[O-].O=C([O-])C(=O)[O-].O=C([O-])C(=O)[O-].O=C([O-])C(=O)[O-].O=C([O-])C(=O)[O-].O=C([O-])C(=O)[O-].O=C([O-])C(=O)[O-]. The van der Waals surface area contributed by atoms with Crippen LogP contribution in [0.5, 0.6) is 0 Å². The third-order valence-electron chi connectivity index (χ3n) is 15.3. The Balaban J connectivity index is 0.000000329. The Kier molecular flexibility index (Phi) is 38.2. The second-order valence-corrected chi connectivity index (χ2v) is 23.3. The molecule has 2 aliphatic rings. The van der Waals surface area contributed by atoms with Crippen molar-refractivity contribution in [2.24, 2.45) is 0 Å². The van der Waals surface area contributed by atoms with E-state index in [0.717, 1.165) is 170 Å². The number of nitrogens with one attached hydrogen (secondary N) is 6. The second-order valence-electron chi connectivity index (χ2n) is 23.3. The molecule has 0 radical (unpaired) electrons. The molecule has 6 aromatic heterocycles. The molecule has 46 heteroatoms. The van der Waals surface area contributed by atoms with Crippen LogP contribution in [0.25, 0.3) is 44.1 Å². The predicted molar refractivity (Wildman–Crippen MR) is 361 cm³/mol. The van der Waals surface area contributed by atoms with Gasteiger partial charge in [-0.3, -0.25) is 9.97 Å². The number of imidazole rings is 4. The van der Waals surface area contributed by atoms with Crippen LogP contribution in [0.2, 0.25) is 0 Å². The molecule has 116 heavy (non-hydrogen) atoms. The number of rotatable bonds is 18. The van der Waals surface area contributed by atoms with Crippen molar-refractivity contribution < 1.29 is 147 Å². The van der Waals surface area contributed by atoms with Crippen molar-refractivity contribution in [2.75, 3.05) is 73.6 Å². The topological polar surface area (TPSA) is 735 Å². The molecule has 0 bridgehead atoms. The molecule has 2 saturated heterocycles. The van der Waals surface area contributed by atoms with Gasteiger partial charge in [0.15, 0.2) is 0 Å². The Labute approximate surface area is 649 Å². The van der Waals surface area contributed by atoms with Gasteiger partial charge in [0, 0.05) is 63.7 Å². The number of para-hydroxylation sites is 4. The number of hydrogen-bond acceptors (Lipinski definition) is 40. The van der Waals surface area contributed by atoms with Gasteiger partial charge >= 0.3 is 0 Å². The van der Waals surface area contributed by atoms with Crippen LogP contribution in [-0.4, -0.2) is 207 Å². The number of nitrogens with zero attached hydrogens (tertiary/aromatic N) is 10. The van der Waals surface area contributed by atoms with Gasteiger partial charge < -0.3 is 189 Å². The summed E-state index contributed by atoms with van der Waals surface area (Å²) in [6.07, 6.45) is 13.5. The minimum absolute atomic E-state index is 0.216. The maximum absolute atomic E-state index is 13.4. The number of aromatic nitrogens is 10. The summed E-state index contributed by atoms with van der Waals surface area (Å²) in [4.78, 5) is 164. The summed E-state index contributed by atoms with van der Waals surface area (Å²) in [6, 6.07) is 34.4. The van der Waals surface area contributed by atoms with Crippen molar-refractivity contribution >= 4 is 151 Å². The third-order valence-corrected chi connectivity index (χ3v) is 15.3. The Morgan fingerprint density at radius 3 is 0.905 bits per heavy atom. The second kappa shape index (κ2) is 47.6. The van der Waals surface area contributed by atoms with Crippen molar-refractivity contribution in [3.05, 3.63) is 157 Å². The lowest BCUT2D eigenvalue weighted by atomic mass is 10.1. The zero-order chi connectivity index (χ0) is 86.1. The number of H-pyrrole nitrogens is 2. The minimum atomic E-state index is -2.19. The lowest BCUT2D eigenvalue weighted by molar-refractivity contribution is -0.345. The lowest BCUT2D eigenvalue weighted by Crippen LogP contribution is -2.42. The molecule has 8 heterocycles. The number of carbonyl (C=O) groups excluding carboxylic acids is 14. The van der Waals surface area contributed by atoms with E-state index < -0.39 is 83.6 Å². The maximum Gasteiger partial charge on any atom is 0.204 e. The number of carboxylic acids is 14. The number of aromatic amines is 2. The van der Waals surface area contributed by atoms with E-state index in [-0.39, 0.29) is 11.6 Å². The Hall–Kier alpha value is -15.4. The molecular formula is C70H62F2N16O28-14. The smallest absolute Gasteiger partial charge is 0.204 e. The first-order valence-corrected chi connectivity index (χ1v) is 33.3. The first-order chi connectivity index (χ1) is 54.9. The summed E-state index contributed by atoms with van der Waals surface area (Å²) >= 11 is 0. The summed E-state index contributed by atoms with van der Waals surface area (Å²) < 4.78 is 31.2. The highest BCUT2D eigenvalue weighted by molar-refractivity contribution is 6.27. The Bertz CT molecular complexity index is 4410. The van der Waals surface area contributed by atoms with Crippen LogP contribution in [0, 0.1) is 11.6 Å². The van der Waals surface area contributed by atoms with E-state index in [0.29, 0.717) is 25.2 Å².